The fourth-order valence-corrected chi connectivity index (χ4v) is 3.39. The summed E-state index contributed by atoms with van der Waals surface area (Å²) in [4.78, 5) is 4.16. The highest BCUT2D eigenvalue weighted by molar-refractivity contribution is 7.90. The van der Waals surface area contributed by atoms with Gasteiger partial charge in [0.25, 0.3) is 0 Å². The van der Waals surface area contributed by atoms with Gasteiger partial charge in [-0.25, -0.2) is 4.98 Å². The fraction of sp³-hybridized carbons (Fsp3) is 0.214. The van der Waals surface area contributed by atoms with E-state index >= 15 is 0 Å². The zero-order valence-electron chi connectivity index (χ0n) is 11.1. The number of aryl methyl sites for hydroxylation is 1. The number of fused-ring (bicyclic) bond motifs is 1. The minimum atomic E-state index is -3.58. The van der Waals surface area contributed by atoms with Gasteiger partial charge in [0.05, 0.1) is 0 Å². The molecule has 1 aromatic heterocycles. The maximum atomic E-state index is 12.4. The zero-order chi connectivity index (χ0) is 14.2. The molecule has 2 aromatic rings. The Labute approximate surface area is 118 Å². The number of anilines is 1. The van der Waals surface area contributed by atoms with Gasteiger partial charge in [-0.1, -0.05) is 30.3 Å². The third kappa shape index (κ3) is 2.52. The second kappa shape index (κ2) is 4.88. The van der Waals surface area contributed by atoms with E-state index in [0.717, 1.165) is 16.8 Å². The average Bonchev–Trinajstić information content (AvgIpc) is 2.82. The predicted octanol–water partition coefficient (Wildman–Crippen LogP) is 2.06. The molecule has 0 amide bonds. The normalized spacial score (nSPS) is 15.1. The first-order valence-corrected chi connectivity index (χ1v) is 7.77. The van der Waals surface area contributed by atoms with Crippen molar-refractivity contribution in [2.45, 2.75) is 20.0 Å². The second-order valence-electron chi connectivity index (χ2n) is 4.81. The molecule has 2 heterocycles. The smallest absolute Gasteiger partial charge is 0.254 e. The van der Waals surface area contributed by atoms with Gasteiger partial charge in [0.1, 0.15) is 5.82 Å². The van der Waals surface area contributed by atoms with E-state index in [1.54, 1.807) is 12.1 Å². The molecule has 1 N–H and O–H groups in total. The molecule has 6 heteroatoms. The van der Waals surface area contributed by atoms with Crippen molar-refractivity contribution < 1.29 is 8.42 Å². The highest BCUT2D eigenvalue weighted by atomic mass is 32.2. The summed E-state index contributed by atoms with van der Waals surface area (Å²) in [5.41, 5.74) is 2.88. The molecule has 0 spiro atoms. The molecule has 0 atom stereocenters. The number of nitrogens with zero attached hydrogens (tertiary/aromatic N) is 2. The van der Waals surface area contributed by atoms with Gasteiger partial charge in [0, 0.05) is 18.8 Å². The molecule has 1 aliphatic heterocycles. The van der Waals surface area contributed by atoms with Crippen LogP contribution in [0, 0.1) is 6.92 Å². The van der Waals surface area contributed by atoms with Crippen LogP contribution in [0.4, 0.5) is 5.82 Å². The van der Waals surface area contributed by atoms with Crippen molar-refractivity contribution in [3.8, 4) is 0 Å². The number of aromatic nitrogens is 1. The Balaban J connectivity index is 1.81. The van der Waals surface area contributed by atoms with Crippen LogP contribution in [0.5, 0.6) is 0 Å². The van der Waals surface area contributed by atoms with Gasteiger partial charge in [-0.05, 0) is 30.2 Å². The molecular weight excluding hydrogens is 274 g/mol. The van der Waals surface area contributed by atoms with Gasteiger partial charge in [-0.15, -0.1) is 0 Å². The second-order valence-corrected chi connectivity index (χ2v) is 6.48. The van der Waals surface area contributed by atoms with E-state index in [-0.39, 0.29) is 0 Å². The van der Waals surface area contributed by atoms with Crippen LogP contribution in [0.2, 0.25) is 0 Å². The number of rotatable bonds is 3. The topological polar surface area (TPSA) is 62.3 Å². The Bertz CT molecular complexity index is 719. The summed E-state index contributed by atoms with van der Waals surface area (Å²) >= 11 is 0. The van der Waals surface area contributed by atoms with Crippen molar-refractivity contribution in [1.82, 2.24) is 9.29 Å². The van der Waals surface area contributed by atoms with Crippen LogP contribution in [0.3, 0.4) is 0 Å². The first-order chi connectivity index (χ1) is 9.54. The molecule has 0 saturated heterocycles. The van der Waals surface area contributed by atoms with E-state index in [4.69, 9.17) is 0 Å². The SMILES string of the molecule is Cc1cccc(NS(=O)(=O)N2Cc3ccccc3C2)n1. The Hall–Kier alpha value is -1.92. The van der Waals surface area contributed by atoms with Crippen molar-refractivity contribution in [2.75, 3.05) is 4.72 Å². The van der Waals surface area contributed by atoms with Crippen molar-refractivity contribution in [3.05, 3.63) is 59.3 Å². The molecule has 20 heavy (non-hydrogen) atoms. The van der Waals surface area contributed by atoms with Crippen LogP contribution in [0.15, 0.2) is 42.5 Å². The standard InChI is InChI=1S/C14H15N3O2S/c1-11-5-4-8-14(15-11)16-20(18,19)17-9-12-6-2-3-7-13(12)10-17/h2-8H,9-10H2,1H3,(H,15,16). The van der Waals surface area contributed by atoms with E-state index in [0.29, 0.717) is 18.9 Å². The molecule has 0 saturated carbocycles. The number of hydrogen-bond acceptors (Lipinski definition) is 3. The molecule has 104 valence electrons. The maximum absolute atomic E-state index is 12.4. The van der Waals surface area contributed by atoms with Crippen molar-refractivity contribution in [3.63, 3.8) is 0 Å². The molecule has 0 unspecified atom stereocenters. The van der Waals surface area contributed by atoms with Crippen LogP contribution >= 0.6 is 0 Å². The van der Waals surface area contributed by atoms with Crippen molar-refractivity contribution in [1.29, 1.82) is 0 Å². The van der Waals surface area contributed by atoms with Crippen LogP contribution in [0.25, 0.3) is 0 Å². The molecule has 3 rings (SSSR count). The maximum Gasteiger partial charge on any atom is 0.303 e. The molecule has 0 fully saturated rings. The molecule has 0 aliphatic carbocycles. The summed E-state index contributed by atoms with van der Waals surface area (Å²) in [5.74, 6) is 0.348. The third-order valence-electron chi connectivity index (χ3n) is 3.27. The fourth-order valence-electron chi connectivity index (χ4n) is 2.27. The summed E-state index contributed by atoms with van der Waals surface area (Å²) in [5, 5.41) is 0. The summed E-state index contributed by atoms with van der Waals surface area (Å²) in [6, 6.07) is 13.0. The van der Waals surface area contributed by atoms with Gasteiger partial charge in [0.15, 0.2) is 0 Å². The van der Waals surface area contributed by atoms with E-state index in [2.05, 4.69) is 9.71 Å². The highest BCUT2D eigenvalue weighted by Gasteiger charge is 2.29. The Morgan fingerprint density at radius 2 is 1.70 bits per heavy atom. The van der Waals surface area contributed by atoms with Gasteiger partial charge in [-0.2, -0.15) is 12.7 Å². The Morgan fingerprint density at radius 1 is 1.05 bits per heavy atom. The molecule has 1 aliphatic rings. The predicted molar refractivity (Wildman–Crippen MR) is 77.2 cm³/mol. The van der Waals surface area contributed by atoms with E-state index in [9.17, 15) is 8.42 Å². The summed E-state index contributed by atoms with van der Waals surface area (Å²) in [6.45, 7) is 2.62. The Kier molecular flexibility index (Phi) is 3.19. The number of nitrogens with one attached hydrogen (secondary N) is 1. The minimum Gasteiger partial charge on any atom is -0.254 e. The molecule has 0 radical (unpaired) electrons. The molecule has 5 nitrogen and oxygen atoms in total. The minimum absolute atomic E-state index is 0.348. The van der Waals surface area contributed by atoms with Gasteiger partial charge >= 0.3 is 10.2 Å². The quantitative estimate of drug-likeness (QED) is 0.940. The lowest BCUT2D eigenvalue weighted by Gasteiger charge is -2.16. The summed E-state index contributed by atoms with van der Waals surface area (Å²) < 4.78 is 28.7. The van der Waals surface area contributed by atoms with Crippen LogP contribution < -0.4 is 4.72 Å². The first kappa shape index (κ1) is 13.1. The molecule has 0 bridgehead atoms. The van der Waals surface area contributed by atoms with Crippen LogP contribution in [0.1, 0.15) is 16.8 Å². The van der Waals surface area contributed by atoms with Gasteiger partial charge in [-0.3, -0.25) is 4.72 Å². The van der Waals surface area contributed by atoms with Crippen LogP contribution in [-0.4, -0.2) is 17.7 Å². The average molecular weight is 289 g/mol. The summed E-state index contributed by atoms with van der Waals surface area (Å²) in [6.07, 6.45) is 0. The van der Waals surface area contributed by atoms with Gasteiger partial charge in [0.2, 0.25) is 0 Å². The largest absolute Gasteiger partial charge is 0.303 e. The van der Waals surface area contributed by atoms with E-state index in [1.807, 2.05) is 37.3 Å². The Morgan fingerprint density at radius 3 is 2.30 bits per heavy atom. The lowest BCUT2D eigenvalue weighted by molar-refractivity contribution is 0.436. The summed E-state index contributed by atoms with van der Waals surface area (Å²) in [7, 11) is -3.58. The number of pyridine rings is 1. The number of benzene rings is 1. The molecular formula is C14H15N3O2S. The zero-order valence-corrected chi connectivity index (χ0v) is 11.9. The first-order valence-electron chi connectivity index (χ1n) is 6.33. The van der Waals surface area contributed by atoms with E-state index in [1.165, 1.54) is 4.31 Å². The lowest BCUT2D eigenvalue weighted by atomic mass is 10.1. The van der Waals surface area contributed by atoms with Crippen molar-refractivity contribution >= 4 is 16.0 Å². The van der Waals surface area contributed by atoms with E-state index < -0.39 is 10.2 Å². The highest BCUT2D eigenvalue weighted by Crippen LogP contribution is 2.25. The number of hydrogen-bond donors (Lipinski definition) is 1. The van der Waals surface area contributed by atoms with Gasteiger partial charge < -0.3 is 0 Å². The lowest BCUT2D eigenvalue weighted by Crippen LogP contribution is -2.31. The monoisotopic (exact) mass is 289 g/mol. The van der Waals surface area contributed by atoms with Crippen molar-refractivity contribution in [2.24, 2.45) is 0 Å². The molecule has 1 aromatic carbocycles. The third-order valence-corrected chi connectivity index (χ3v) is 4.68. The van der Waals surface area contributed by atoms with Crippen LogP contribution in [-0.2, 0) is 23.3 Å².